The number of ketones is 2. The first-order valence-electron chi connectivity index (χ1n) is 16.0. The van der Waals surface area contributed by atoms with Crippen LogP contribution in [-0.4, -0.2) is 21.5 Å². The van der Waals surface area contributed by atoms with Crippen molar-refractivity contribution in [2.45, 2.75) is 0 Å². The monoisotopic (exact) mass is 874 g/mol. The molecule has 0 saturated carbocycles. The number of fused-ring (bicyclic) bond motifs is 5. The third-order valence-electron chi connectivity index (χ3n) is 9.01. The van der Waals surface area contributed by atoms with E-state index >= 15 is 0 Å². The van der Waals surface area contributed by atoms with Crippen LogP contribution in [0.15, 0.2) is 57.4 Å². The van der Waals surface area contributed by atoms with E-state index < -0.39 is 80.9 Å². The Morgan fingerprint density at radius 1 is 0.414 bits per heavy atom. The highest BCUT2D eigenvalue weighted by Crippen LogP contribution is 2.43. The fourth-order valence-electron chi connectivity index (χ4n) is 6.27. The van der Waals surface area contributed by atoms with Gasteiger partial charge in [0.05, 0.1) is 19.5 Å². The molecule has 0 saturated heterocycles. The lowest BCUT2D eigenvalue weighted by Crippen LogP contribution is -2.12. The van der Waals surface area contributed by atoms with E-state index in [0.29, 0.717) is 61.5 Å². The topological polar surface area (TPSA) is 86.2 Å². The van der Waals surface area contributed by atoms with E-state index in [9.17, 15) is 53.5 Å². The Labute approximate surface area is 328 Å². The molecule has 288 valence electrons. The van der Waals surface area contributed by atoms with Crippen LogP contribution in [0.5, 0.6) is 0 Å². The Bertz CT molecular complexity index is 3070. The van der Waals surface area contributed by atoms with Crippen molar-refractivity contribution < 1.29 is 62.3 Å². The van der Waals surface area contributed by atoms with Gasteiger partial charge in [-0.05, 0) is 59.3 Å². The van der Waals surface area contributed by atoms with Crippen molar-refractivity contribution in [3.63, 3.8) is 0 Å². The number of benzene rings is 4. The van der Waals surface area contributed by atoms with Crippen LogP contribution in [0.4, 0.5) is 43.9 Å². The highest BCUT2D eigenvalue weighted by Gasteiger charge is 2.33. The molecule has 0 atom stereocenters. The van der Waals surface area contributed by atoms with Crippen LogP contribution in [0.1, 0.15) is 30.5 Å². The maximum Gasteiger partial charge on any atom is 0.237 e. The number of rotatable bonds is 6. The Kier molecular flexibility index (Phi) is 8.01. The standard InChI is InChI=1S/C38H8F10N2O4S4/c39-25-23(26(40)30(44)33(47)29(25)43)35(51)19-5-15-17(55-19)7-21(57-15)37-49-11-1-9-3-14-12(2-10(9)4-13(11)53-37)50-38(54-14)22-8-18-16(58-22)6-20(56-18)36(52)24-27(41)31(45)34(48)32(46)28(24)42/h1-8H. The van der Waals surface area contributed by atoms with Gasteiger partial charge in [-0.2, -0.15) is 0 Å². The van der Waals surface area contributed by atoms with Crippen LogP contribution < -0.4 is 0 Å². The van der Waals surface area contributed by atoms with Crippen LogP contribution in [0.25, 0.3) is 73.3 Å². The van der Waals surface area contributed by atoms with Gasteiger partial charge in [-0.1, -0.05) is 0 Å². The van der Waals surface area contributed by atoms with E-state index in [4.69, 9.17) is 8.83 Å². The Morgan fingerprint density at radius 3 is 1.09 bits per heavy atom. The summed E-state index contributed by atoms with van der Waals surface area (Å²) in [6, 6.07) is 12.8. The number of thiophene rings is 4. The smallest absolute Gasteiger partial charge is 0.237 e. The molecule has 0 bridgehead atoms. The third kappa shape index (κ3) is 5.35. The van der Waals surface area contributed by atoms with Gasteiger partial charge in [-0.3, -0.25) is 9.59 Å². The number of carbonyl (C=O) groups excluding carboxylic acids is 2. The highest BCUT2D eigenvalue weighted by atomic mass is 32.1. The number of halogens is 10. The number of hydrogen-bond donors (Lipinski definition) is 0. The summed E-state index contributed by atoms with van der Waals surface area (Å²) in [6.45, 7) is 0. The minimum Gasteiger partial charge on any atom is -0.435 e. The van der Waals surface area contributed by atoms with Gasteiger partial charge in [0.1, 0.15) is 22.2 Å². The lowest BCUT2D eigenvalue weighted by atomic mass is 10.1. The molecule has 6 aromatic heterocycles. The number of carbonyl (C=O) groups is 2. The summed E-state index contributed by atoms with van der Waals surface area (Å²) in [5.74, 6) is -24.8. The third-order valence-corrected chi connectivity index (χ3v) is 13.6. The first-order valence-corrected chi connectivity index (χ1v) is 19.3. The highest BCUT2D eigenvalue weighted by molar-refractivity contribution is 7.31. The summed E-state index contributed by atoms with van der Waals surface area (Å²) < 4.78 is 153. The summed E-state index contributed by atoms with van der Waals surface area (Å²) in [5, 5.41) is 1.41. The van der Waals surface area contributed by atoms with Crippen molar-refractivity contribution in [3.8, 4) is 21.5 Å². The molecule has 0 unspecified atom stereocenters. The molecular weight excluding hydrogens is 867 g/mol. The average Bonchev–Trinajstić information content (AvgIpc) is 4.05. The first kappa shape index (κ1) is 36.4. The zero-order chi connectivity index (χ0) is 40.6. The second-order valence-electron chi connectivity index (χ2n) is 12.5. The zero-order valence-electron chi connectivity index (χ0n) is 27.6. The van der Waals surface area contributed by atoms with Gasteiger partial charge in [0.15, 0.2) is 57.7 Å². The van der Waals surface area contributed by atoms with Crippen molar-refractivity contribution in [1.29, 1.82) is 0 Å². The second-order valence-corrected chi connectivity index (χ2v) is 16.8. The fourth-order valence-corrected chi connectivity index (χ4v) is 10.8. The molecule has 6 heterocycles. The minimum atomic E-state index is -2.37. The van der Waals surface area contributed by atoms with E-state index in [0.717, 1.165) is 45.3 Å². The molecule has 0 aliphatic heterocycles. The molecule has 20 heteroatoms. The lowest BCUT2D eigenvalue weighted by molar-refractivity contribution is 0.102. The number of aromatic nitrogens is 2. The molecule has 10 rings (SSSR count). The van der Waals surface area contributed by atoms with Crippen molar-refractivity contribution in [2.24, 2.45) is 0 Å². The normalized spacial score (nSPS) is 12.1. The molecule has 0 amide bonds. The Balaban J connectivity index is 0.923. The van der Waals surface area contributed by atoms with Crippen molar-refractivity contribution in [3.05, 3.63) is 128 Å². The van der Waals surface area contributed by atoms with Gasteiger partial charge in [-0.15, -0.1) is 45.3 Å². The van der Waals surface area contributed by atoms with Crippen molar-refractivity contribution in [1.82, 2.24) is 9.97 Å². The molecule has 10 aromatic rings. The van der Waals surface area contributed by atoms with Crippen LogP contribution >= 0.6 is 45.3 Å². The fraction of sp³-hybridized carbons (Fsp3) is 0. The molecule has 0 spiro atoms. The van der Waals surface area contributed by atoms with E-state index in [1.165, 1.54) is 12.1 Å². The zero-order valence-corrected chi connectivity index (χ0v) is 30.8. The van der Waals surface area contributed by atoms with Crippen LogP contribution in [-0.2, 0) is 0 Å². The number of oxazole rings is 2. The molecule has 0 N–H and O–H groups in total. The maximum absolute atomic E-state index is 14.3. The number of hydrogen-bond acceptors (Lipinski definition) is 10. The van der Waals surface area contributed by atoms with Gasteiger partial charge in [0.2, 0.25) is 35.0 Å². The minimum absolute atomic E-state index is 0.213. The first-order chi connectivity index (χ1) is 27.7. The molecule has 58 heavy (non-hydrogen) atoms. The molecule has 6 nitrogen and oxygen atoms in total. The lowest BCUT2D eigenvalue weighted by Gasteiger charge is -2.06. The van der Waals surface area contributed by atoms with Gasteiger partial charge < -0.3 is 8.83 Å². The molecule has 4 aromatic carbocycles. The van der Waals surface area contributed by atoms with Crippen LogP contribution in [0.3, 0.4) is 0 Å². The van der Waals surface area contributed by atoms with E-state index in [2.05, 4.69) is 9.97 Å². The van der Waals surface area contributed by atoms with E-state index in [1.807, 2.05) is 0 Å². The SMILES string of the molecule is O=C(c1cc2sc(-c3nc4cc5cc6oc(-c7cc8sc(C(=O)c9c(F)c(F)c(F)c(F)c9F)cc8s7)nc6cc5cc4o3)cc2s1)c1c(F)c(F)c(F)c(F)c1F. The molecule has 0 aliphatic carbocycles. The summed E-state index contributed by atoms with van der Waals surface area (Å²) in [4.78, 5) is 35.4. The van der Waals surface area contributed by atoms with Gasteiger partial charge in [-0.25, -0.2) is 53.9 Å². The van der Waals surface area contributed by atoms with Gasteiger partial charge >= 0.3 is 0 Å². The van der Waals surface area contributed by atoms with Crippen LogP contribution in [0, 0.1) is 58.2 Å². The molecule has 0 fully saturated rings. The Hall–Kier alpha value is -5.96. The summed E-state index contributed by atoms with van der Waals surface area (Å²) in [5.41, 5.74) is -1.35. The van der Waals surface area contributed by atoms with E-state index in [-0.39, 0.29) is 21.5 Å². The van der Waals surface area contributed by atoms with Crippen molar-refractivity contribution >= 4 is 109 Å². The summed E-state index contributed by atoms with van der Waals surface area (Å²) >= 11 is 3.84. The van der Waals surface area contributed by atoms with Gasteiger partial charge in [0.25, 0.3) is 0 Å². The van der Waals surface area contributed by atoms with Crippen molar-refractivity contribution in [2.75, 3.05) is 0 Å². The summed E-state index contributed by atoms with van der Waals surface area (Å²) in [6.07, 6.45) is 0. The predicted octanol–water partition coefficient (Wildman–Crippen LogP) is 12.9. The molecule has 0 aliphatic rings. The summed E-state index contributed by atoms with van der Waals surface area (Å²) in [7, 11) is 0. The van der Waals surface area contributed by atoms with Crippen LogP contribution in [0.2, 0.25) is 0 Å². The largest absolute Gasteiger partial charge is 0.435 e. The number of nitrogens with zero attached hydrogens (tertiary/aromatic N) is 2. The average molecular weight is 875 g/mol. The predicted molar refractivity (Wildman–Crippen MR) is 196 cm³/mol. The molecule has 0 radical (unpaired) electrons. The van der Waals surface area contributed by atoms with E-state index in [1.54, 1.807) is 36.4 Å². The van der Waals surface area contributed by atoms with Gasteiger partial charge in [0, 0.05) is 18.8 Å². The quantitative estimate of drug-likeness (QED) is 0.0716. The maximum atomic E-state index is 14.3. The second kappa shape index (κ2) is 12.8. The Morgan fingerprint density at radius 2 is 0.741 bits per heavy atom. The molecular formula is C38H8F10N2O4S4.